The van der Waals surface area contributed by atoms with Crippen LogP contribution >= 0.6 is 0 Å². The van der Waals surface area contributed by atoms with Crippen LogP contribution in [0.25, 0.3) is 0 Å². The van der Waals surface area contributed by atoms with Gasteiger partial charge in [0.15, 0.2) is 0 Å². The summed E-state index contributed by atoms with van der Waals surface area (Å²) in [6.45, 7) is 8.47. The molecule has 4 nitrogen and oxygen atoms in total. The summed E-state index contributed by atoms with van der Waals surface area (Å²) in [5, 5.41) is 0. The number of carbonyl (C=O) groups excluding carboxylic acids is 2. The van der Waals surface area contributed by atoms with Gasteiger partial charge in [-0.1, -0.05) is 45.9 Å². The van der Waals surface area contributed by atoms with Crippen LogP contribution < -0.4 is 4.74 Å². The van der Waals surface area contributed by atoms with Crippen LogP contribution in [0.15, 0.2) is 48.5 Å². The molecule has 0 unspecified atom stereocenters. The van der Waals surface area contributed by atoms with Crippen molar-refractivity contribution < 1.29 is 19.1 Å². The molecule has 0 aliphatic carbocycles. The van der Waals surface area contributed by atoms with Gasteiger partial charge in [-0.15, -0.1) is 0 Å². The average molecular weight is 340 g/mol. The first-order valence-corrected chi connectivity index (χ1v) is 8.46. The monoisotopic (exact) mass is 340 g/mol. The maximum atomic E-state index is 12.3. The van der Waals surface area contributed by atoms with E-state index >= 15 is 0 Å². The third-order valence-corrected chi connectivity index (χ3v) is 3.64. The second kappa shape index (κ2) is 8.47. The topological polar surface area (TPSA) is 52.6 Å². The van der Waals surface area contributed by atoms with Crippen molar-refractivity contribution >= 4 is 11.9 Å². The van der Waals surface area contributed by atoms with Gasteiger partial charge in [0, 0.05) is 0 Å². The van der Waals surface area contributed by atoms with Crippen LogP contribution in [0.3, 0.4) is 0 Å². The van der Waals surface area contributed by atoms with Crippen molar-refractivity contribution in [2.75, 3.05) is 6.61 Å². The van der Waals surface area contributed by atoms with Crippen LogP contribution in [0.1, 0.15) is 59.9 Å². The fourth-order valence-corrected chi connectivity index (χ4v) is 2.19. The van der Waals surface area contributed by atoms with E-state index < -0.39 is 11.9 Å². The highest BCUT2D eigenvalue weighted by Crippen LogP contribution is 2.19. The van der Waals surface area contributed by atoms with Crippen molar-refractivity contribution in [2.24, 2.45) is 5.92 Å². The molecule has 132 valence electrons. The van der Waals surface area contributed by atoms with Gasteiger partial charge in [-0.3, -0.25) is 0 Å². The highest BCUT2D eigenvalue weighted by molar-refractivity contribution is 5.96. The summed E-state index contributed by atoms with van der Waals surface area (Å²) in [4.78, 5) is 24.3. The largest absolute Gasteiger partial charge is 0.462 e. The van der Waals surface area contributed by atoms with E-state index in [1.54, 1.807) is 30.3 Å². The number of hydrogen-bond donors (Lipinski definition) is 0. The molecule has 0 aliphatic heterocycles. The molecule has 0 N–H and O–H groups in total. The van der Waals surface area contributed by atoms with Gasteiger partial charge in [0.25, 0.3) is 0 Å². The predicted molar refractivity (Wildman–Crippen MR) is 97.1 cm³/mol. The first-order valence-electron chi connectivity index (χ1n) is 8.46. The first kappa shape index (κ1) is 18.7. The lowest BCUT2D eigenvalue weighted by Gasteiger charge is -2.09. The molecule has 0 heterocycles. The molecule has 2 aromatic carbocycles. The molecule has 0 saturated heterocycles. The summed E-state index contributed by atoms with van der Waals surface area (Å²) in [5.74, 6) is 0.201. The van der Waals surface area contributed by atoms with Crippen LogP contribution in [0.5, 0.6) is 5.75 Å². The number of carbonyl (C=O) groups is 2. The predicted octanol–water partition coefficient (Wildman–Crippen LogP) is 4.84. The Morgan fingerprint density at radius 2 is 1.48 bits per heavy atom. The number of hydrogen-bond acceptors (Lipinski definition) is 4. The van der Waals surface area contributed by atoms with E-state index in [2.05, 4.69) is 13.8 Å². The summed E-state index contributed by atoms with van der Waals surface area (Å²) in [6, 6.07) is 13.8. The standard InChI is InChI=1S/C21H24O4/c1-14(2)13-24-20(22)17-6-5-7-18(12-17)21(23)25-19-10-8-16(9-11-19)15(3)4/h5-12,14-15H,13H2,1-4H3. The van der Waals surface area contributed by atoms with Gasteiger partial charge in [-0.2, -0.15) is 0 Å². The van der Waals surface area contributed by atoms with Gasteiger partial charge < -0.3 is 9.47 Å². The second-order valence-electron chi connectivity index (χ2n) is 6.69. The highest BCUT2D eigenvalue weighted by atomic mass is 16.5. The molecule has 0 aromatic heterocycles. The Morgan fingerprint density at radius 3 is 2.04 bits per heavy atom. The maximum Gasteiger partial charge on any atom is 0.343 e. The molecule has 0 radical (unpaired) electrons. The summed E-state index contributed by atoms with van der Waals surface area (Å²) in [7, 11) is 0. The van der Waals surface area contributed by atoms with Crippen LogP contribution in [-0.2, 0) is 4.74 Å². The molecule has 0 fully saturated rings. The molecular formula is C21H24O4. The zero-order valence-corrected chi connectivity index (χ0v) is 15.1. The molecule has 4 heteroatoms. The lowest BCUT2D eigenvalue weighted by molar-refractivity contribution is 0.0459. The Kier molecular flexibility index (Phi) is 6.34. The molecule has 25 heavy (non-hydrogen) atoms. The fraction of sp³-hybridized carbons (Fsp3) is 0.333. The molecule has 0 amide bonds. The van der Waals surface area contributed by atoms with E-state index in [9.17, 15) is 9.59 Å². The highest BCUT2D eigenvalue weighted by Gasteiger charge is 2.14. The molecule has 2 rings (SSSR count). The quantitative estimate of drug-likeness (QED) is 0.557. The molecular weight excluding hydrogens is 316 g/mol. The number of rotatable bonds is 6. The number of benzene rings is 2. The molecule has 2 aromatic rings. The molecule has 0 saturated carbocycles. The summed E-state index contributed by atoms with van der Waals surface area (Å²) >= 11 is 0. The molecule has 0 bridgehead atoms. The zero-order chi connectivity index (χ0) is 18.4. The Hall–Kier alpha value is -2.62. The van der Waals surface area contributed by atoms with E-state index in [1.807, 2.05) is 26.0 Å². The SMILES string of the molecule is CC(C)COC(=O)c1cccc(C(=O)Oc2ccc(C(C)C)cc2)c1. The van der Waals surface area contributed by atoms with Gasteiger partial charge in [-0.05, 0) is 47.7 Å². The van der Waals surface area contributed by atoms with Gasteiger partial charge in [-0.25, -0.2) is 9.59 Å². The third-order valence-electron chi connectivity index (χ3n) is 3.64. The van der Waals surface area contributed by atoms with E-state index in [0.29, 0.717) is 29.4 Å². The van der Waals surface area contributed by atoms with Crippen molar-refractivity contribution in [2.45, 2.75) is 33.6 Å². The van der Waals surface area contributed by atoms with Crippen LogP contribution in [0, 0.1) is 5.92 Å². The average Bonchev–Trinajstić information content (AvgIpc) is 2.60. The second-order valence-corrected chi connectivity index (χ2v) is 6.69. The first-order chi connectivity index (χ1) is 11.9. The number of ether oxygens (including phenoxy) is 2. The van der Waals surface area contributed by atoms with Gasteiger partial charge in [0.05, 0.1) is 17.7 Å². The Balaban J connectivity index is 2.06. The van der Waals surface area contributed by atoms with Crippen molar-refractivity contribution in [1.29, 1.82) is 0 Å². The Labute approximate surface area is 148 Å². The van der Waals surface area contributed by atoms with E-state index in [4.69, 9.17) is 9.47 Å². The summed E-state index contributed by atoms with van der Waals surface area (Å²) in [5.41, 5.74) is 1.83. The Morgan fingerprint density at radius 1 is 0.880 bits per heavy atom. The van der Waals surface area contributed by atoms with E-state index in [1.165, 1.54) is 11.6 Å². The normalized spacial score (nSPS) is 10.8. The van der Waals surface area contributed by atoms with Crippen LogP contribution in [-0.4, -0.2) is 18.5 Å². The fourth-order valence-electron chi connectivity index (χ4n) is 2.19. The van der Waals surface area contributed by atoms with E-state index in [0.717, 1.165) is 0 Å². The lowest BCUT2D eigenvalue weighted by Crippen LogP contribution is -2.13. The molecule has 0 aliphatic rings. The van der Waals surface area contributed by atoms with Gasteiger partial charge in [0.1, 0.15) is 5.75 Å². The smallest absolute Gasteiger partial charge is 0.343 e. The van der Waals surface area contributed by atoms with Crippen molar-refractivity contribution in [1.82, 2.24) is 0 Å². The lowest BCUT2D eigenvalue weighted by atomic mass is 10.0. The summed E-state index contributed by atoms with van der Waals surface area (Å²) in [6.07, 6.45) is 0. The number of esters is 2. The summed E-state index contributed by atoms with van der Waals surface area (Å²) < 4.78 is 10.6. The van der Waals surface area contributed by atoms with Gasteiger partial charge in [0.2, 0.25) is 0 Å². The molecule has 0 atom stereocenters. The zero-order valence-electron chi connectivity index (χ0n) is 15.1. The van der Waals surface area contributed by atoms with E-state index in [-0.39, 0.29) is 5.92 Å². The Bertz CT molecular complexity index is 730. The molecule has 0 spiro atoms. The van der Waals surface area contributed by atoms with Crippen molar-refractivity contribution in [3.63, 3.8) is 0 Å². The van der Waals surface area contributed by atoms with Gasteiger partial charge >= 0.3 is 11.9 Å². The van der Waals surface area contributed by atoms with Crippen molar-refractivity contribution in [3.05, 3.63) is 65.2 Å². The van der Waals surface area contributed by atoms with Crippen LogP contribution in [0.2, 0.25) is 0 Å². The maximum absolute atomic E-state index is 12.3. The minimum absolute atomic E-state index is 0.255. The third kappa shape index (κ3) is 5.45. The van der Waals surface area contributed by atoms with Crippen LogP contribution in [0.4, 0.5) is 0 Å². The minimum Gasteiger partial charge on any atom is -0.462 e. The van der Waals surface area contributed by atoms with Crippen molar-refractivity contribution in [3.8, 4) is 5.75 Å². The minimum atomic E-state index is -0.504.